The van der Waals surface area contributed by atoms with Crippen LogP contribution < -0.4 is 5.73 Å². The summed E-state index contributed by atoms with van der Waals surface area (Å²) in [6.45, 7) is 2.03. The van der Waals surface area contributed by atoms with E-state index in [1.807, 2.05) is 6.92 Å². The van der Waals surface area contributed by atoms with E-state index in [1.165, 1.54) is 4.88 Å². The maximum absolute atomic E-state index is 5.59. The van der Waals surface area contributed by atoms with Crippen LogP contribution in [-0.4, -0.2) is 6.04 Å². The molecule has 1 aromatic heterocycles. The SMILES string of the molecule is C[C@H](N)Cc1cccs1.Cl. The highest BCUT2D eigenvalue weighted by Gasteiger charge is 1.96. The lowest BCUT2D eigenvalue weighted by Crippen LogP contribution is -2.16. The van der Waals surface area contributed by atoms with Crippen molar-refractivity contribution in [3.8, 4) is 0 Å². The molecule has 0 fully saturated rings. The fourth-order valence-corrected chi connectivity index (χ4v) is 1.59. The number of rotatable bonds is 2. The van der Waals surface area contributed by atoms with Gasteiger partial charge in [0.25, 0.3) is 0 Å². The van der Waals surface area contributed by atoms with Gasteiger partial charge in [0.2, 0.25) is 0 Å². The molecule has 0 bridgehead atoms. The zero-order chi connectivity index (χ0) is 6.69. The van der Waals surface area contributed by atoms with Gasteiger partial charge in [-0.05, 0) is 24.8 Å². The molecule has 0 spiro atoms. The van der Waals surface area contributed by atoms with Crippen molar-refractivity contribution in [2.24, 2.45) is 5.73 Å². The van der Waals surface area contributed by atoms with Gasteiger partial charge in [-0.3, -0.25) is 0 Å². The standard InChI is InChI=1S/C7H11NS.ClH/c1-6(8)5-7-3-2-4-9-7;/h2-4,6H,5,8H2,1H3;1H/t6-;/m0./s1. The monoisotopic (exact) mass is 177 g/mol. The molecule has 3 heteroatoms. The van der Waals surface area contributed by atoms with Crippen molar-refractivity contribution in [1.29, 1.82) is 0 Å². The normalized spacial score (nSPS) is 12.2. The van der Waals surface area contributed by atoms with Crippen molar-refractivity contribution in [2.75, 3.05) is 0 Å². The van der Waals surface area contributed by atoms with Crippen LogP contribution in [0.5, 0.6) is 0 Å². The highest BCUT2D eigenvalue weighted by molar-refractivity contribution is 7.09. The summed E-state index contributed by atoms with van der Waals surface area (Å²) in [5.41, 5.74) is 5.59. The van der Waals surface area contributed by atoms with Crippen LogP contribution in [-0.2, 0) is 6.42 Å². The van der Waals surface area contributed by atoms with E-state index >= 15 is 0 Å². The van der Waals surface area contributed by atoms with Crippen LogP contribution in [0.1, 0.15) is 11.8 Å². The van der Waals surface area contributed by atoms with Crippen LogP contribution in [0.4, 0.5) is 0 Å². The molecule has 1 aromatic rings. The van der Waals surface area contributed by atoms with E-state index in [-0.39, 0.29) is 12.4 Å². The fourth-order valence-electron chi connectivity index (χ4n) is 0.746. The zero-order valence-corrected chi connectivity index (χ0v) is 7.54. The van der Waals surface area contributed by atoms with E-state index in [2.05, 4.69) is 17.5 Å². The second-order valence-corrected chi connectivity index (χ2v) is 3.29. The minimum absolute atomic E-state index is 0. The average molecular weight is 178 g/mol. The van der Waals surface area contributed by atoms with Crippen LogP contribution in [0.25, 0.3) is 0 Å². The Balaban J connectivity index is 0.000000810. The number of thiophene rings is 1. The molecule has 10 heavy (non-hydrogen) atoms. The van der Waals surface area contributed by atoms with Gasteiger partial charge in [-0.2, -0.15) is 0 Å². The third-order valence-corrected chi connectivity index (χ3v) is 2.00. The van der Waals surface area contributed by atoms with Gasteiger partial charge in [-0.15, -0.1) is 23.7 Å². The lowest BCUT2D eigenvalue weighted by atomic mass is 10.2. The molecule has 0 aliphatic rings. The van der Waals surface area contributed by atoms with E-state index in [0.29, 0.717) is 6.04 Å². The number of nitrogens with two attached hydrogens (primary N) is 1. The first-order valence-electron chi connectivity index (χ1n) is 3.07. The lowest BCUT2D eigenvalue weighted by molar-refractivity contribution is 0.746. The maximum atomic E-state index is 5.59. The number of halogens is 1. The second-order valence-electron chi connectivity index (χ2n) is 2.26. The highest BCUT2D eigenvalue weighted by atomic mass is 35.5. The Bertz CT molecular complexity index is 160. The molecule has 0 saturated carbocycles. The molecule has 2 N–H and O–H groups in total. The van der Waals surface area contributed by atoms with Crippen LogP contribution in [0.3, 0.4) is 0 Å². The van der Waals surface area contributed by atoms with Gasteiger partial charge in [-0.25, -0.2) is 0 Å². The number of hydrogen-bond acceptors (Lipinski definition) is 2. The summed E-state index contributed by atoms with van der Waals surface area (Å²) in [7, 11) is 0. The van der Waals surface area contributed by atoms with E-state index in [9.17, 15) is 0 Å². The van der Waals surface area contributed by atoms with Gasteiger partial charge >= 0.3 is 0 Å². The summed E-state index contributed by atoms with van der Waals surface area (Å²) in [4.78, 5) is 1.38. The first-order valence-corrected chi connectivity index (χ1v) is 3.95. The fraction of sp³-hybridized carbons (Fsp3) is 0.429. The Morgan fingerprint density at radius 1 is 1.70 bits per heavy atom. The topological polar surface area (TPSA) is 26.0 Å². The quantitative estimate of drug-likeness (QED) is 0.736. The molecule has 0 unspecified atom stereocenters. The largest absolute Gasteiger partial charge is 0.328 e. The Kier molecular flexibility index (Phi) is 4.69. The van der Waals surface area contributed by atoms with E-state index in [4.69, 9.17) is 5.73 Å². The molecule has 1 heterocycles. The minimum Gasteiger partial charge on any atom is -0.328 e. The van der Waals surface area contributed by atoms with E-state index < -0.39 is 0 Å². The van der Waals surface area contributed by atoms with Gasteiger partial charge in [0.15, 0.2) is 0 Å². The van der Waals surface area contributed by atoms with Crippen LogP contribution >= 0.6 is 23.7 Å². The van der Waals surface area contributed by atoms with E-state index in [0.717, 1.165) is 6.42 Å². The molecule has 0 amide bonds. The summed E-state index contributed by atoms with van der Waals surface area (Å²) in [6.07, 6.45) is 1.01. The molecule has 1 atom stereocenters. The van der Waals surface area contributed by atoms with Crippen molar-refractivity contribution in [1.82, 2.24) is 0 Å². The van der Waals surface area contributed by atoms with Crippen LogP contribution in [0, 0.1) is 0 Å². The van der Waals surface area contributed by atoms with Gasteiger partial charge in [0.1, 0.15) is 0 Å². The van der Waals surface area contributed by atoms with Crippen molar-refractivity contribution >= 4 is 23.7 Å². The lowest BCUT2D eigenvalue weighted by Gasteiger charge is -1.99. The maximum Gasteiger partial charge on any atom is 0.00605 e. The molecule has 0 radical (unpaired) electrons. The Labute approximate surface area is 71.7 Å². The van der Waals surface area contributed by atoms with Crippen molar-refractivity contribution < 1.29 is 0 Å². The second kappa shape index (κ2) is 4.72. The molecule has 0 saturated heterocycles. The summed E-state index contributed by atoms with van der Waals surface area (Å²) < 4.78 is 0. The van der Waals surface area contributed by atoms with Gasteiger partial charge in [0, 0.05) is 10.9 Å². The van der Waals surface area contributed by atoms with Crippen molar-refractivity contribution in [2.45, 2.75) is 19.4 Å². The zero-order valence-electron chi connectivity index (χ0n) is 5.91. The molecule has 1 nitrogen and oxygen atoms in total. The molecular formula is C7H12ClNS. The molecule has 0 aliphatic heterocycles. The first kappa shape index (κ1) is 9.95. The van der Waals surface area contributed by atoms with Gasteiger partial charge in [0.05, 0.1) is 0 Å². The minimum atomic E-state index is 0. The summed E-state index contributed by atoms with van der Waals surface area (Å²) >= 11 is 1.77. The molecule has 0 aromatic carbocycles. The van der Waals surface area contributed by atoms with Crippen molar-refractivity contribution in [3.63, 3.8) is 0 Å². The molecule has 1 rings (SSSR count). The van der Waals surface area contributed by atoms with Crippen molar-refractivity contribution in [3.05, 3.63) is 22.4 Å². The predicted octanol–water partition coefficient (Wildman–Crippen LogP) is 2.06. The summed E-state index contributed by atoms with van der Waals surface area (Å²) in [5, 5.41) is 2.08. The van der Waals surface area contributed by atoms with E-state index in [1.54, 1.807) is 11.3 Å². The Morgan fingerprint density at radius 3 is 2.80 bits per heavy atom. The summed E-state index contributed by atoms with van der Waals surface area (Å²) in [6, 6.07) is 4.47. The first-order chi connectivity index (χ1) is 4.29. The average Bonchev–Trinajstić information content (AvgIpc) is 2.15. The molecular weight excluding hydrogens is 166 g/mol. The highest BCUT2D eigenvalue weighted by Crippen LogP contribution is 2.09. The number of hydrogen-bond donors (Lipinski definition) is 1. The summed E-state index contributed by atoms with van der Waals surface area (Å²) in [5.74, 6) is 0. The Hall–Kier alpha value is -0.0500. The third kappa shape index (κ3) is 3.20. The van der Waals surface area contributed by atoms with Crippen LogP contribution in [0.15, 0.2) is 17.5 Å². The predicted molar refractivity (Wildman–Crippen MR) is 48.9 cm³/mol. The van der Waals surface area contributed by atoms with Crippen LogP contribution in [0.2, 0.25) is 0 Å². The Morgan fingerprint density at radius 2 is 2.40 bits per heavy atom. The third-order valence-electron chi connectivity index (χ3n) is 1.10. The molecule has 58 valence electrons. The molecule has 0 aliphatic carbocycles. The van der Waals surface area contributed by atoms with Gasteiger partial charge in [-0.1, -0.05) is 6.07 Å². The van der Waals surface area contributed by atoms with Gasteiger partial charge < -0.3 is 5.73 Å². The smallest absolute Gasteiger partial charge is 0.00605 e.